The normalized spacial score (nSPS) is 11.0. The predicted molar refractivity (Wildman–Crippen MR) is 97.8 cm³/mol. The summed E-state index contributed by atoms with van der Waals surface area (Å²) < 4.78 is 20.3. The number of halogens is 1. The third kappa shape index (κ3) is 4.28. The zero-order valence-corrected chi connectivity index (χ0v) is 15.2. The maximum atomic E-state index is 13.9. The molecule has 0 bridgehead atoms. The van der Waals surface area contributed by atoms with Gasteiger partial charge >= 0.3 is 0 Å². The molecule has 0 atom stereocenters. The first-order valence-electron chi connectivity index (χ1n) is 8.44. The minimum atomic E-state index is -0.531. The fourth-order valence-electron chi connectivity index (χ4n) is 2.43. The lowest BCUT2D eigenvalue weighted by Gasteiger charge is -2.09. The van der Waals surface area contributed by atoms with Crippen LogP contribution in [0.2, 0.25) is 0 Å². The van der Waals surface area contributed by atoms with Crippen LogP contribution in [0.4, 0.5) is 10.1 Å². The summed E-state index contributed by atoms with van der Waals surface area (Å²) in [5.74, 6) is -0.140. The van der Waals surface area contributed by atoms with E-state index in [1.54, 1.807) is 19.1 Å². The van der Waals surface area contributed by atoms with Crippen LogP contribution < -0.4 is 10.9 Å². The highest BCUT2D eigenvalue weighted by Gasteiger charge is 2.14. The van der Waals surface area contributed by atoms with Crippen molar-refractivity contribution in [2.24, 2.45) is 0 Å². The number of aromatic nitrogens is 3. The quantitative estimate of drug-likeness (QED) is 0.745. The van der Waals surface area contributed by atoms with Crippen LogP contribution in [0.3, 0.4) is 0 Å². The Kier molecular flexibility index (Phi) is 5.16. The number of pyridine rings is 1. The first-order valence-corrected chi connectivity index (χ1v) is 8.44. The average molecular weight is 370 g/mol. The van der Waals surface area contributed by atoms with Gasteiger partial charge in [-0.15, -0.1) is 0 Å². The van der Waals surface area contributed by atoms with E-state index >= 15 is 0 Å². The van der Waals surface area contributed by atoms with E-state index in [-0.39, 0.29) is 29.6 Å². The lowest BCUT2D eigenvalue weighted by Crippen LogP contribution is -2.27. The van der Waals surface area contributed by atoms with Crippen molar-refractivity contribution in [1.82, 2.24) is 14.7 Å². The molecule has 3 rings (SSSR count). The van der Waals surface area contributed by atoms with Crippen molar-refractivity contribution < 1.29 is 13.7 Å². The topological polar surface area (TPSA) is 90.0 Å². The van der Waals surface area contributed by atoms with Gasteiger partial charge in [-0.2, -0.15) is 4.98 Å². The Morgan fingerprint density at radius 3 is 2.74 bits per heavy atom. The number of amides is 1. The van der Waals surface area contributed by atoms with Crippen molar-refractivity contribution in [3.8, 4) is 11.5 Å². The first kappa shape index (κ1) is 18.5. The Hall–Kier alpha value is -3.29. The van der Waals surface area contributed by atoms with Crippen molar-refractivity contribution in [2.45, 2.75) is 33.2 Å². The fourth-order valence-corrected chi connectivity index (χ4v) is 2.43. The Morgan fingerprint density at radius 1 is 1.30 bits per heavy atom. The molecule has 0 saturated heterocycles. The van der Waals surface area contributed by atoms with Crippen LogP contribution in [0, 0.1) is 12.7 Å². The maximum absolute atomic E-state index is 13.9. The molecule has 2 heterocycles. The number of rotatable bonds is 5. The largest absolute Gasteiger partial charge is 0.334 e. The number of aryl methyl sites for hydroxylation is 1. The standard InChI is InChI=1S/C19H19FN4O3/c1-11(2)18-22-19(27-23-18)13-5-7-17(26)24(9-13)10-16(25)21-15-6-4-12(3)8-14(15)20/h4-9,11H,10H2,1-3H3,(H,21,25). The van der Waals surface area contributed by atoms with E-state index in [0.717, 1.165) is 5.56 Å². The number of nitrogens with one attached hydrogen (secondary N) is 1. The summed E-state index contributed by atoms with van der Waals surface area (Å²) >= 11 is 0. The van der Waals surface area contributed by atoms with Crippen molar-refractivity contribution in [3.63, 3.8) is 0 Å². The van der Waals surface area contributed by atoms with Crippen molar-refractivity contribution in [1.29, 1.82) is 0 Å². The predicted octanol–water partition coefficient (Wildman–Crippen LogP) is 3.11. The molecule has 8 heteroatoms. The number of nitrogens with zero attached hydrogens (tertiary/aromatic N) is 3. The van der Waals surface area contributed by atoms with Gasteiger partial charge in [-0.25, -0.2) is 4.39 Å². The molecule has 0 radical (unpaired) electrons. The number of benzene rings is 1. The summed E-state index contributed by atoms with van der Waals surface area (Å²) in [5.41, 5.74) is 0.952. The van der Waals surface area contributed by atoms with Crippen LogP contribution in [0.25, 0.3) is 11.5 Å². The van der Waals surface area contributed by atoms with E-state index in [0.29, 0.717) is 11.4 Å². The third-order valence-corrected chi connectivity index (χ3v) is 3.90. The number of hydrogen-bond donors (Lipinski definition) is 1. The average Bonchev–Trinajstić information content (AvgIpc) is 3.10. The Balaban J connectivity index is 1.79. The second-order valence-corrected chi connectivity index (χ2v) is 6.53. The lowest BCUT2D eigenvalue weighted by molar-refractivity contribution is -0.116. The minimum Gasteiger partial charge on any atom is -0.334 e. The molecule has 140 valence electrons. The van der Waals surface area contributed by atoms with E-state index in [4.69, 9.17) is 4.52 Å². The molecule has 0 saturated carbocycles. The number of hydrogen-bond acceptors (Lipinski definition) is 5. The molecule has 1 aromatic carbocycles. The second-order valence-electron chi connectivity index (χ2n) is 6.53. The molecule has 0 fully saturated rings. The molecular weight excluding hydrogens is 351 g/mol. The molecule has 2 aromatic heterocycles. The van der Waals surface area contributed by atoms with Crippen molar-refractivity contribution in [3.05, 3.63) is 64.1 Å². The summed E-state index contributed by atoms with van der Waals surface area (Å²) in [5, 5.41) is 6.35. The molecule has 3 aromatic rings. The van der Waals surface area contributed by atoms with Gasteiger partial charge in [0.25, 0.3) is 11.4 Å². The van der Waals surface area contributed by atoms with Gasteiger partial charge < -0.3 is 14.4 Å². The summed E-state index contributed by atoms with van der Waals surface area (Å²) in [6.45, 7) is 5.35. The summed E-state index contributed by atoms with van der Waals surface area (Å²) in [7, 11) is 0. The van der Waals surface area contributed by atoms with Crippen LogP contribution in [0.5, 0.6) is 0 Å². The van der Waals surface area contributed by atoms with Crippen LogP contribution in [-0.2, 0) is 11.3 Å². The maximum Gasteiger partial charge on any atom is 0.259 e. The number of anilines is 1. The van der Waals surface area contributed by atoms with E-state index < -0.39 is 11.7 Å². The van der Waals surface area contributed by atoms with Crippen LogP contribution >= 0.6 is 0 Å². The number of carbonyl (C=O) groups is 1. The fraction of sp³-hybridized carbons (Fsp3) is 0.263. The molecular formula is C19H19FN4O3. The molecule has 27 heavy (non-hydrogen) atoms. The molecule has 1 amide bonds. The Labute approximate surface area is 154 Å². The van der Waals surface area contributed by atoms with Gasteiger partial charge in [0.05, 0.1) is 11.3 Å². The summed E-state index contributed by atoms with van der Waals surface area (Å²) in [6, 6.07) is 7.35. The van der Waals surface area contributed by atoms with Gasteiger partial charge in [0, 0.05) is 18.2 Å². The minimum absolute atomic E-state index is 0.0632. The van der Waals surface area contributed by atoms with E-state index in [9.17, 15) is 14.0 Å². The van der Waals surface area contributed by atoms with E-state index in [1.807, 2.05) is 13.8 Å². The van der Waals surface area contributed by atoms with Crippen LogP contribution in [-0.4, -0.2) is 20.6 Å². The number of carbonyl (C=O) groups excluding carboxylic acids is 1. The molecule has 0 aliphatic rings. The highest BCUT2D eigenvalue weighted by atomic mass is 19.1. The lowest BCUT2D eigenvalue weighted by atomic mass is 10.2. The molecule has 0 unspecified atom stereocenters. The van der Waals surface area contributed by atoms with Crippen molar-refractivity contribution >= 4 is 11.6 Å². The van der Waals surface area contributed by atoms with Gasteiger partial charge in [-0.3, -0.25) is 9.59 Å². The van der Waals surface area contributed by atoms with Crippen LogP contribution in [0.15, 0.2) is 45.8 Å². The Bertz CT molecular complexity index is 1040. The first-order chi connectivity index (χ1) is 12.8. The highest BCUT2D eigenvalue weighted by Crippen LogP contribution is 2.19. The summed E-state index contributed by atoms with van der Waals surface area (Å²) in [4.78, 5) is 28.6. The van der Waals surface area contributed by atoms with Gasteiger partial charge in [0.1, 0.15) is 12.4 Å². The second kappa shape index (κ2) is 7.53. The zero-order valence-electron chi connectivity index (χ0n) is 15.2. The molecule has 0 aliphatic carbocycles. The molecule has 0 aliphatic heterocycles. The van der Waals surface area contributed by atoms with Crippen LogP contribution in [0.1, 0.15) is 31.2 Å². The van der Waals surface area contributed by atoms with Gasteiger partial charge in [-0.1, -0.05) is 25.1 Å². The molecule has 0 spiro atoms. The smallest absolute Gasteiger partial charge is 0.259 e. The SMILES string of the molecule is Cc1ccc(NC(=O)Cn2cc(-c3nc(C(C)C)no3)ccc2=O)c(F)c1. The Morgan fingerprint density at radius 2 is 2.07 bits per heavy atom. The van der Waals surface area contributed by atoms with Gasteiger partial charge in [-0.05, 0) is 30.7 Å². The highest BCUT2D eigenvalue weighted by molar-refractivity contribution is 5.90. The van der Waals surface area contributed by atoms with Gasteiger partial charge in [0.15, 0.2) is 5.82 Å². The molecule has 1 N–H and O–H groups in total. The van der Waals surface area contributed by atoms with E-state index in [2.05, 4.69) is 15.5 Å². The van der Waals surface area contributed by atoms with Gasteiger partial charge in [0.2, 0.25) is 5.91 Å². The van der Waals surface area contributed by atoms with Crippen molar-refractivity contribution in [2.75, 3.05) is 5.32 Å². The third-order valence-electron chi connectivity index (χ3n) is 3.90. The molecule has 7 nitrogen and oxygen atoms in total. The monoisotopic (exact) mass is 370 g/mol. The zero-order chi connectivity index (χ0) is 19.6. The van der Waals surface area contributed by atoms with E-state index in [1.165, 1.54) is 29.0 Å². The summed E-state index contributed by atoms with van der Waals surface area (Å²) in [6.07, 6.45) is 1.46.